The van der Waals surface area contributed by atoms with Gasteiger partial charge in [-0.05, 0) is 39.5 Å². The molecular formula is C12H20N2O. The van der Waals surface area contributed by atoms with Crippen molar-refractivity contribution in [1.29, 1.82) is 5.26 Å². The molecule has 0 spiro atoms. The Labute approximate surface area is 92.1 Å². The number of likely N-dealkylation sites (tertiary alicyclic amines) is 1. The van der Waals surface area contributed by atoms with Crippen molar-refractivity contribution in [3.8, 4) is 6.07 Å². The molecule has 2 unspecified atom stereocenters. The number of carbonyl (C=O) groups excluding carboxylic acids is 1. The van der Waals surface area contributed by atoms with E-state index in [1.54, 1.807) is 13.8 Å². The third-order valence-electron chi connectivity index (χ3n) is 3.45. The van der Waals surface area contributed by atoms with E-state index in [0.29, 0.717) is 5.92 Å². The van der Waals surface area contributed by atoms with Crippen LogP contribution in [-0.2, 0) is 4.79 Å². The van der Waals surface area contributed by atoms with E-state index in [1.807, 2.05) is 4.90 Å². The Morgan fingerprint density at radius 3 is 2.60 bits per heavy atom. The molecule has 0 saturated carbocycles. The first-order valence-electron chi connectivity index (χ1n) is 5.62. The minimum absolute atomic E-state index is 0.0240. The van der Waals surface area contributed by atoms with Gasteiger partial charge in [0.2, 0.25) is 5.91 Å². The van der Waals surface area contributed by atoms with E-state index >= 15 is 0 Å². The Kier molecular flexibility index (Phi) is 3.38. The van der Waals surface area contributed by atoms with E-state index in [2.05, 4.69) is 19.9 Å². The van der Waals surface area contributed by atoms with Crippen LogP contribution in [0.4, 0.5) is 0 Å². The van der Waals surface area contributed by atoms with Crippen molar-refractivity contribution in [1.82, 2.24) is 4.90 Å². The highest BCUT2D eigenvalue weighted by Gasteiger charge is 2.37. The van der Waals surface area contributed by atoms with Gasteiger partial charge in [0.15, 0.2) is 0 Å². The highest BCUT2D eigenvalue weighted by atomic mass is 16.2. The standard InChI is InChI=1S/C12H20N2O/c1-9-6-5-7-14(10(9)2)11(15)12(3,4)8-13/h9-10H,5-7H2,1-4H3. The molecule has 1 saturated heterocycles. The van der Waals surface area contributed by atoms with Crippen molar-refractivity contribution >= 4 is 5.91 Å². The molecule has 0 N–H and O–H groups in total. The summed E-state index contributed by atoms with van der Waals surface area (Å²) in [6.07, 6.45) is 2.23. The Morgan fingerprint density at radius 1 is 1.47 bits per heavy atom. The van der Waals surface area contributed by atoms with Crippen molar-refractivity contribution in [2.24, 2.45) is 11.3 Å². The van der Waals surface area contributed by atoms with Gasteiger partial charge in [-0.15, -0.1) is 0 Å². The number of amides is 1. The van der Waals surface area contributed by atoms with E-state index in [-0.39, 0.29) is 11.9 Å². The predicted molar refractivity (Wildman–Crippen MR) is 59.0 cm³/mol. The van der Waals surface area contributed by atoms with Crippen LogP contribution in [0.25, 0.3) is 0 Å². The molecule has 0 bridgehead atoms. The van der Waals surface area contributed by atoms with Crippen LogP contribution in [-0.4, -0.2) is 23.4 Å². The van der Waals surface area contributed by atoms with Gasteiger partial charge < -0.3 is 4.90 Å². The topological polar surface area (TPSA) is 44.1 Å². The lowest BCUT2D eigenvalue weighted by Gasteiger charge is -2.40. The molecule has 1 rings (SSSR count). The van der Waals surface area contributed by atoms with Crippen LogP contribution < -0.4 is 0 Å². The molecule has 3 nitrogen and oxygen atoms in total. The number of carbonyl (C=O) groups is 1. The van der Waals surface area contributed by atoms with Gasteiger partial charge in [0.05, 0.1) is 6.07 Å². The zero-order valence-corrected chi connectivity index (χ0v) is 10.1. The van der Waals surface area contributed by atoms with Crippen LogP contribution >= 0.6 is 0 Å². The Morgan fingerprint density at radius 2 is 2.07 bits per heavy atom. The Bertz CT molecular complexity index is 290. The average Bonchev–Trinajstić information content (AvgIpc) is 2.21. The first-order chi connectivity index (χ1) is 6.90. The van der Waals surface area contributed by atoms with E-state index in [4.69, 9.17) is 5.26 Å². The minimum atomic E-state index is -0.884. The molecule has 1 amide bonds. The molecule has 0 aromatic carbocycles. The fraction of sp³-hybridized carbons (Fsp3) is 0.833. The molecule has 1 aliphatic heterocycles. The van der Waals surface area contributed by atoms with Crippen molar-refractivity contribution in [3.05, 3.63) is 0 Å². The summed E-state index contributed by atoms with van der Waals surface area (Å²) in [6.45, 7) is 8.44. The second-order valence-corrected chi connectivity index (χ2v) is 5.10. The van der Waals surface area contributed by atoms with Gasteiger partial charge in [-0.2, -0.15) is 5.26 Å². The van der Waals surface area contributed by atoms with E-state index in [9.17, 15) is 4.79 Å². The normalized spacial score (nSPS) is 27.3. The average molecular weight is 208 g/mol. The summed E-state index contributed by atoms with van der Waals surface area (Å²) in [5, 5.41) is 8.95. The van der Waals surface area contributed by atoms with Gasteiger partial charge in [-0.1, -0.05) is 6.92 Å². The quantitative estimate of drug-likeness (QED) is 0.663. The van der Waals surface area contributed by atoms with Crippen LogP contribution in [0.5, 0.6) is 0 Å². The summed E-state index contributed by atoms with van der Waals surface area (Å²) in [4.78, 5) is 14.0. The second-order valence-electron chi connectivity index (χ2n) is 5.10. The van der Waals surface area contributed by atoms with Crippen LogP contribution in [0.2, 0.25) is 0 Å². The van der Waals surface area contributed by atoms with Crippen molar-refractivity contribution < 1.29 is 4.79 Å². The largest absolute Gasteiger partial charge is 0.338 e. The monoisotopic (exact) mass is 208 g/mol. The zero-order valence-electron chi connectivity index (χ0n) is 10.1. The lowest BCUT2D eigenvalue weighted by Crippen LogP contribution is -2.50. The minimum Gasteiger partial charge on any atom is -0.338 e. The van der Waals surface area contributed by atoms with E-state index in [0.717, 1.165) is 13.0 Å². The SMILES string of the molecule is CC1CCCN(C(=O)C(C)(C)C#N)C1C. The third kappa shape index (κ3) is 2.31. The van der Waals surface area contributed by atoms with Crippen molar-refractivity contribution in [2.45, 2.75) is 46.6 Å². The lowest BCUT2D eigenvalue weighted by molar-refractivity contribution is -0.142. The number of nitriles is 1. The van der Waals surface area contributed by atoms with Crippen molar-refractivity contribution in [3.63, 3.8) is 0 Å². The summed E-state index contributed by atoms with van der Waals surface area (Å²) in [7, 11) is 0. The van der Waals surface area contributed by atoms with E-state index in [1.165, 1.54) is 6.42 Å². The summed E-state index contributed by atoms with van der Waals surface area (Å²) >= 11 is 0. The summed E-state index contributed by atoms with van der Waals surface area (Å²) in [6, 6.07) is 2.35. The van der Waals surface area contributed by atoms with Gasteiger partial charge in [0.1, 0.15) is 5.41 Å². The van der Waals surface area contributed by atoms with Crippen LogP contribution in [0, 0.1) is 22.7 Å². The maximum Gasteiger partial charge on any atom is 0.242 e. The third-order valence-corrected chi connectivity index (χ3v) is 3.45. The van der Waals surface area contributed by atoms with Gasteiger partial charge in [0.25, 0.3) is 0 Å². The molecule has 0 aliphatic carbocycles. The number of hydrogen-bond donors (Lipinski definition) is 0. The molecule has 1 aliphatic rings. The molecular weight excluding hydrogens is 188 g/mol. The highest BCUT2D eigenvalue weighted by molar-refractivity contribution is 5.85. The maximum atomic E-state index is 12.1. The fourth-order valence-corrected chi connectivity index (χ4v) is 2.03. The van der Waals surface area contributed by atoms with Gasteiger partial charge >= 0.3 is 0 Å². The number of hydrogen-bond acceptors (Lipinski definition) is 2. The molecule has 3 heteroatoms. The maximum absolute atomic E-state index is 12.1. The molecule has 1 heterocycles. The first-order valence-corrected chi connectivity index (χ1v) is 5.62. The van der Waals surface area contributed by atoms with Gasteiger partial charge in [-0.3, -0.25) is 4.79 Å². The second kappa shape index (κ2) is 4.22. The molecule has 0 aromatic rings. The molecule has 2 atom stereocenters. The first kappa shape index (κ1) is 12.0. The highest BCUT2D eigenvalue weighted by Crippen LogP contribution is 2.27. The molecule has 15 heavy (non-hydrogen) atoms. The zero-order chi connectivity index (χ0) is 11.6. The predicted octanol–water partition coefficient (Wildman–Crippen LogP) is 2.18. The van der Waals surface area contributed by atoms with Gasteiger partial charge in [0, 0.05) is 12.6 Å². The summed E-state index contributed by atoms with van der Waals surface area (Å²) in [5.41, 5.74) is -0.884. The fourth-order valence-electron chi connectivity index (χ4n) is 2.03. The lowest BCUT2D eigenvalue weighted by atomic mass is 9.87. The van der Waals surface area contributed by atoms with E-state index < -0.39 is 5.41 Å². The van der Waals surface area contributed by atoms with Crippen LogP contribution in [0.15, 0.2) is 0 Å². The Balaban J connectivity index is 2.80. The molecule has 0 radical (unpaired) electrons. The van der Waals surface area contributed by atoms with Crippen LogP contribution in [0.3, 0.4) is 0 Å². The van der Waals surface area contributed by atoms with Crippen LogP contribution in [0.1, 0.15) is 40.5 Å². The Hall–Kier alpha value is -1.04. The number of nitrogens with zero attached hydrogens (tertiary/aromatic N) is 2. The molecule has 1 fully saturated rings. The molecule has 0 aromatic heterocycles. The smallest absolute Gasteiger partial charge is 0.242 e. The number of rotatable bonds is 1. The summed E-state index contributed by atoms with van der Waals surface area (Å²) < 4.78 is 0. The summed E-state index contributed by atoms with van der Waals surface area (Å²) in [5.74, 6) is 0.515. The van der Waals surface area contributed by atoms with Crippen molar-refractivity contribution in [2.75, 3.05) is 6.54 Å². The van der Waals surface area contributed by atoms with Gasteiger partial charge in [-0.25, -0.2) is 0 Å². The molecule has 84 valence electrons. The number of piperidine rings is 1.